The average Bonchev–Trinajstić information content (AvgIpc) is 3.06. The minimum atomic E-state index is 0.435. The fraction of sp³-hybridized carbons (Fsp3) is 0.0714. The molecule has 5 nitrogen and oxygen atoms in total. The van der Waals surface area contributed by atoms with Crippen LogP contribution < -0.4 is 0 Å². The Kier molecular flexibility index (Phi) is 3.30. The SMILES string of the molecule is Cc1cccc(-c2n[nH]c(=S)n2/N=C\c2ccco2)c1. The van der Waals surface area contributed by atoms with Crippen LogP contribution in [0.5, 0.6) is 0 Å². The number of aromatic nitrogens is 3. The van der Waals surface area contributed by atoms with Gasteiger partial charge in [0.15, 0.2) is 5.82 Å². The zero-order valence-corrected chi connectivity index (χ0v) is 11.6. The Balaban J connectivity index is 2.04. The van der Waals surface area contributed by atoms with Crippen molar-refractivity contribution in [2.75, 3.05) is 0 Å². The van der Waals surface area contributed by atoms with Gasteiger partial charge in [0.2, 0.25) is 4.77 Å². The molecule has 0 aliphatic carbocycles. The first-order valence-corrected chi connectivity index (χ1v) is 6.47. The van der Waals surface area contributed by atoms with E-state index in [1.807, 2.05) is 37.3 Å². The predicted octanol–water partition coefficient (Wildman–Crippen LogP) is 3.39. The molecule has 1 aromatic carbocycles. The lowest BCUT2D eigenvalue weighted by Crippen LogP contribution is -1.94. The van der Waals surface area contributed by atoms with Crippen molar-refractivity contribution in [2.45, 2.75) is 6.92 Å². The highest BCUT2D eigenvalue weighted by molar-refractivity contribution is 7.71. The molecule has 0 atom stereocenters. The number of benzene rings is 1. The van der Waals surface area contributed by atoms with E-state index >= 15 is 0 Å². The third-order valence-electron chi connectivity index (χ3n) is 2.77. The Labute approximate surface area is 120 Å². The zero-order valence-electron chi connectivity index (χ0n) is 10.8. The van der Waals surface area contributed by atoms with E-state index in [1.165, 1.54) is 0 Å². The molecular weight excluding hydrogens is 272 g/mol. The maximum Gasteiger partial charge on any atom is 0.216 e. The van der Waals surface area contributed by atoms with Crippen LogP contribution in [0.15, 0.2) is 52.2 Å². The third kappa shape index (κ3) is 2.46. The normalized spacial score (nSPS) is 11.2. The largest absolute Gasteiger partial charge is 0.463 e. The summed E-state index contributed by atoms with van der Waals surface area (Å²) < 4.78 is 7.22. The molecule has 20 heavy (non-hydrogen) atoms. The molecule has 2 aromatic heterocycles. The number of nitrogens with one attached hydrogen (secondary N) is 1. The monoisotopic (exact) mass is 284 g/mol. The molecule has 3 rings (SSSR count). The van der Waals surface area contributed by atoms with Crippen molar-refractivity contribution in [3.63, 3.8) is 0 Å². The van der Waals surface area contributed by atoms with Gasteiger partial charge in [0, 0.05) is 5.56 Å². The van der Waals surface area contributed by atoms with Crippen LogP contribution in [0.25, 0.3) is 11.4 Å². The molecule has 0 spiro atoms. The van der Waals surface area contributed by atoms with Gasteiger partial charge in [-0.15, -0.1) is 0 Å². The first-order valence-electron chi connectivity index (χ1n) is 6.06. The second-order valence-corrected chi connectivity index (χ2v) is 4.68. The fourth-order valence-electron chi connectivity index (χ4n) is 1.85. The van der Waals surface area contributed by atoms with Crippen molar-refractivity contribution in [2.24, 2.45) is 5.10 Å². The summed E-state index contributed by atoms with van der Waals surface area (Å²) in [6.45, 7) is 2.03. The standard InChI is InChI=1S/C14H12N4OS/c1-10-4-2-5-11(8-10)13-16-17-14(20)18(13)15-9-12-6-3-7-19-12/h2-9H,1H3,(H,17,20)/b15-9-. The van der Waals surface area contributed by atoms with Gasteiger partial charge >= 0.3 is 0 Å². The van der Waals surface area contributed by atoms with Gasteiger partial charge in [-0.3, -0.25) is 0 Å². The molecule has 0 radical (unpaired) electrons. The zero-order chi connectivity index (χ0) is 13.9. The Bertz CT molecular complexity index is 799. The number of aryl methyl sites for hydroxylation is 1. The van der Waals surface area contributed by atoms with Gasteiger partial charge < -0.3 is 4.42 Å². The van der Waals surface area contributed by atoms with Gasteiger partial charge in [-0.1, -0.05) is 23.8 Å². The molecule has 6 heteroatoms. The summed E-state index contributed by atoms with van der Waals surface area (Å²) >= 11 is 5.20. The molecule has 3 aromatic rings. The Morgan fingerprint density at radius 1 is 1.35 bits per heavy atom. The molecule has 0 aliphatic heterocycles. The predicted molar refractivity (Wildman–Crippen MR) is 79.3 cm³/mol. The van der Waals surface area contributed by atoms with Gasteiger partial charge in [-0.25, -0.2) is 5.10 Å². The molecule has 1 N–H and O–H groups in total. The second kappa shape index (κ2) is 5.26. The summed E-state index contributed by atoms with van der Waals surface area (Å²) in [5, 5.41) is 11.3. The Morgan fingerprint density at radius 3 is 3.00 bits per heavy atom. The lowest BCUT2D eigenvalue weighted by atomic mass is 10.1. The number of hydrogen-bond donors (Lipinski definition) is 1. The summed E-state index contributed by atoms with van der Waals surface area (Å²) in [6.07, 6.45) is 3.20. The van der Waals surface area contributed by atoms with Crippen LogP contribution in [0.3, 0.4) is 0 Å². The third-order valence-corrected chi connectivity index (χ3v) is 3.03. The van der Waals surface area contributed by atoms with Crippen molar-refractivity contribution in [3.8, 4) is 11.4 Å². The maximum atomic E-state index is 5.21. The highest BCUT2D eigenvalue weighted by Gasteiger charge is 2.08. The van der Waals surface area contributed by atoms with E-state index in [2.05, 4.69) is 15.3 Å². The van der Waals surface area contributed by atoms with Crippen LogP contribution in [0.2, 0.25) is 0 Å². The molecule has 100 valence electrons. The molecule has 0 unspecified atom stereocenters. The van der Waals surface area contributed by atoms with Crippen LogP contribution in [0.1, 0.15) is 11.3 Å². The lowest BCUT2D eigenvalue weighted by Gasteiger charge is -2.01. The lowest BCUT2D eigenvalue weighted by molar-refractivity contribution is 0.559. The molecule has 0 bridgehead atoms. The van der Waals surface area contributed by atoms with E-state index in [0.717, 1.165) is 11.1 Å². The number of rotatable bonds is 3. The van der Waals surface area contributed by atoms with Gasteiger partial charge in [0.1, 0.15) is 5.76 Å². The van der Waals surface area contributed by atoms with Gasteiger partial charge in [0.25, 0.3) is 0 Å². The van der Waals surface area contributed by atoms with E-state index < -0.39 is 0 Å². The van der Waals surface area contributed by atoms with E-state index in [4.69, 9.17) is 16.6 Å². The molecule has 0 fully saturated rings. The average molecular weight is 284 g/mol. The smallest absolute Gasteiger partial charge is 0.216 e. The molecule has 0 saturated carbocycles. The number of hydrogen-bond acceptors (Lipinski definition) is 4. The second-order valence-electron chi connectivity index (χ2n) is 4.29. The van der Waals surface area contributed by atoms with Crippen LogP contribution in [-0.4, -0.2) is 21.1 Å². The van der Waals surface area contributed by atoms with Crippen LogP contribution in [0.4, 0.5) is 0 Å². The van der Waals surface area contributed by atoms with Crippen LogP contribution >= 0.6 is 12.2 Å². The van der Waals surface area contributed by atoms with Crippen LogP contribution in [0, 0.1) is 11.7 Å². The first-order chi connectivity index (χ1) is 9.74. The van der Waals surface area contributed by atoms with Crippen molar-refractivity contribution >= 4 is 18.4 Å². The Hall–Kier alpha value is -2.47. The minimum absolute atomic E-state index is 0.435. The van der Waals surface area contributed by atoms with E-state index in [1.54, 1.807) is 23.2 Å². The van der Waals surface area contributed by atoms with Crippen molar-refractivity contribution in [3.05, 3.63) is 58.8 Å². The number of furan rings is 1. The summed E-state index contributed by atoms with van der Waals surface area (Å²) in [5.41, 5.74) is 2.10. The Morgan fingerprint density at radius 2 is 2.25 bits per heavy atom. The fourth-order valence-corrected chi connectivity index (χ4v) is 2.03. The van der Waals surface area contributed by atoms with Crippen molar-refractivity contribution < 1.29 is 4.42 Å². The van der Waals surface area contributed by atoms with Gasteiger partial charge in [-0.05, 0) is 37.3 Å². The highest BCUT2D eigenvalue weighted by atomic mass is 32.1. The van der Waals surface area contributed by atoms with E-state index in [9.17, 15) is 0 Å². The quantitative estimate of drug-likeness (QED) is 0.592. The summed E-state index contributed by atoms with van der Waals surface area (Å²) in [7, 11) is 0. The maximum absolute atomic E-state index is 5.21. The summed E-state index contributed by atoms with van der Waals surface area (Å²) in [4.78, 5) is 0. The van der Waals surface area contributed by atoms with Crippen molar-refractivity contribution in [1.29, 1.82) is 0 Å². The molecular formula is C14H12N4OS. The summed E-state index contributed by atoms with van der Waals surface area (Å²) in [5.74, 6) is 1.32. The molecule has 0 aliphatic rings. The summed E-state index contributed by atoms with van der Waals surface area (Å²) in [6, 6.07) is 11.6. The topological polar surface area (TPSA) is 59.1 Å². The molecule has 2 heterocycles. The minimum Gasteiger partial charge on any atom is -0.463 e. The van der Waals surface area contributed by atoms with Crippen LogP contribution in [-0.2, 0) is 0 Å². The number of aromatic amines is 1. The highest BCUT2D eigenvalue weighted by Crippen LogP contribution is 2.18. The molecule has 0 amide bonds. The van der Waals surface area contributed by atoms with E-state index in [0.29, 0.717) is 16.4 Å². The van der Waals surface area contributed by atoms with Crippen molar-refractivity contribution in [1.82, 2.24) is 14.9 Å². The van der Waals surface area contributed by atoms with E-state index in [-0.39, 0.29) is 0 Å². The first kappa shape index (κ1) is 12.6. The van der Waals surface area contributed by atoms with Gasteiger partial charge in [-0.2, -0.15) is 14.9 Å². The number of H-pyrrole nitrogens is 1. The molecule has 0 saturated heterocycles. The number of nitrogens with zero attached hydrogens (tertiary/aromatic N) is 3. The van der Waals surface area contributed by atoms with Gasteiger partial charge in [0.05, 0.1) is 12.5 Å².